The summed E-state index contributed by atoms with van der Waals surface area (Å²) in [7, 11) is 0. The van der Waals surface area contributed by atoms with Crippen LogP contribution < -0.4 is 11.1 Å². The summed E-state index contributed by atoms with van der Waals surface area (Å²) in [5, 5.41) is 2.56. The number of alkyl halides is 1. The number of carbonyl (C=O) groups is 2. The van der Waals surface area contributed by atoms with Gasteiger partial charge in [0.25, 0.3) is 0 Å². The number of rotatable bonds is 4. The third-order valence-electron chi connectivity index (χ3n) is 2.53. The highest BCUT2D eigenvalue weighted by Crippen LogP contribution is 2.21. The van der Waals surface area contributed by atoms with Crippen molar-refractivity contribution in [2.45, 2.75) is 25.1 Å². The Balaban J connectivity index is 3.08. The van der Waals surface area contributed by atoms with Crippen LogP contribution in [0.15, 0.2) is 12.1 Å². The van der Waals surface area contributed by atoms with Crippen LogP contribution in [0, 0.1) is 12.7 Å². The number of nitrogens with two attached hydrogens (primary N) is 1. The summed E-state index contributed by atoms with van der Waals surface area (Å²) in [5.41, 5.74) is 5.64. The maximum absolute atomic E-state index is 13.6. The number of hydrogen-bond donors (Lipinski definition) is 2. The molecule has 1 atom stereocenters. The molecule has 0 radical (unpaired) electrons. The number of primary amides is 1. The van der Waals surface area contributed by atoms with Gasteiger partial charge in [0.2, 0.25) is 11.8 Å². The van der Waals surface area contributed by atoms with E-state index >= 15 is 0 Å². The first kappa shape index (κ1) is 14.6. The monoisotopic (exact) mass is 316 g/mol. The summed E-state index contributed by atoms with van der Waals surface area (Å²) >= 11 is 3.19. The van der Waals surface area contributed by atoms with Gasteiger partial charge in [-0.15, -0.1) is 0 Å². The van der Waals surface area contributed by atoms with Gasteiger partial charge >= 0.3 is 0 Å². The predicted octanol–water partition coefficient (Wildman–Crippen LogP) is 2.35. The molecule has 2 amide bonds. The highest BCUT2D eigenvalue weighted by atomic mass is 79.9. The second kappa shape index (κ2) is 5.95. The van der Waals surface area contributed by atoms with Gasteiger partial charge < -0.3 is 11.1 Å². The van der Waals surface area contributed by atoms with E-state index in [0.717, 1.165) is 6.07 Å². The molecule has 4 nitrogen and oxygen atoms in total. The van der Waals surface area contributed by atoms with E-state index in [-0.39, 0.29) is 27.5 Å². The zero-order valence-corrected chi connectivity index (χ0v) is 11.7. The number of anilines is 1. The molecule has 0 aliphatic carbocycles. The van der Waals surface area contributed by atoms with Crippen LogP contribution in [0.1, 0.15) is 29.3 Å². The van der Waals surface area contributed by atoms with Crippen LogP contribution in [0.2, 0.25) is 0 Å². The summed E-state index contributed by atoms with van der Waals surface area (Å²) < 4.78 is 13.6. The maximum Gasteiger partial charge on any atom is 0.248 e. The minimum absolute atomic E-state index is 0.0241. The molecule has 98 valence electrons. The van der Waals surface area contributed by atoms with Gasteiger partial charge in [-0.05, 0) is 25.5 Å². The van der Waals surface area contributed by atoms with Gasteiger partial charge in [-0.3, -0.25) is 9.59 Å². The molecule has 0 bridgehead atoms. The van der Waals surface area contributed by atoms with E-state index in [1.54, 1.807) is 0 Å². The zero-order valence-electron chi connectivity index (χ0n) is 10.1. The van der Waals surface area contributed by atoms with Crippen LogP contribution in [-0.2, 0) is 4.79 Å². The SMILES string of the molecule is CCC(Br)C(=O)Nc1cc(C(N)=O)cc(F)c1C. The fourth-order valence-electron chi connectivity index (χ4n) is 1.35. The van der Waals surface area contributed by atoms with Gasteiger partial charge in [0.05, 0.1) is 4.83 Å². The van der Waals surface area contributed by atoms with Crippen LogP contribution >= 0.6 is 15.9 Å². The van der Waals surface area contributed by atoms with Crippen LogP contribution in [0.4, 0.5) is 10.1 Å². The lowest BCUT2D eigenvalue weighted by Gasteiger charge is -2.12. The van der Waals surface area contributed by atoms with Gasteiger partial charge in [0, 0.05) is 16.8 Å². The molecule has 0 saturated heterocycles. The van der Waals surface area contributed by atoms with E-state index in [9.17, 15) is 14.0 Å². The van der Waals surface area contributed by atoms with Crippen LogP contribution in [0.25, 0.3) is 0 Å². The highest BCUT2D eigenvalue weighted by molar-refractivity contribution is 9.10. The molecule has 0 spiro atoms. The Bertz CT molecular complexity index is 491. The zero-order chi connectivity index (χ0) is 13.9. The van der Waals surface area contributed by atoms with Crippen molar-refractivity contribution in [3.63, 3.8) is 0 Å². The van der Waals surface area contributed by atoms with E-state index in [1.807, 2.05) is 6.92 Å². The molecule has 1 aromatic carbocycles. The van der Waals surface area contributed by atoms with Crippen molar-refractivity contribution >= 4 is 33.4 Å². The summed E-state index contributed by atoms with van der Waals surface area (Å²) in [6.07, 6.45) is 0.600. The average molecular weight is 317 g/mol. The molecule has 0 saturated carbocycles. The van der Waals surface area contributed by atoms with Crippen LogP contribution in [0.5, 0.6) is 0 Å². The lowest BCUT2D eigenvalue weighted by atomic mass is 10.1. The smallest absolute Gasteiger partial charge is 0.248 e. The molecule has 0 aliphatic rings. The van der Waals surface area contributed by atoms with E-state index in [2.05, 4.69) is 21.2 Å². The van der Waals surface area contributed by atoms with Crippen LogP contribution in [-0.4, -0.2) is 16.6 Å². The van der Waals surface area contributed by atoms with Crippen molar-refractivity contribution < 1.29 is 14.0 Å². The number of halogens is 2. The Labute approximate surface area is 113 Å². The normalized spacial score (nSPS) is 12.0. The van der Waals surface area contributed by atoms with Crippen molar-refractivity contribution in [1.29, 1.82) is 0 Å². The number of benzene rings is 1. The molecular weight excluding hydrogens is 303 g/mol. The molecule has 1 aromatic rings. The molecule has 0 heterocycles. The average Bonchev–Trinajstić information content (AvgIpc) is 2.33. The fraction of sp³-hybridized carbons (Fsp3) is 0.333. The standard InChI is InChI=1S/C12H14BrFN2O2/c1-3-8(13)12(18)16-10-5-7(11(15)17)4-9(14)6(10)2/h4-5,8H,3H2,1-2H3,(H2,15,17)(H,16,18). The van der Waals surface area contributed by atoms with Crippen molar-refractivity contribution in [1.82, 2.24) is 0 Å². The Morgan fingerprint density at radius 2 is 2.11 bits per heavy atom. The Kier molecular flexibility index (Phi) is 4.84. The lowest BCUT2D eigenvalue weighted by Crippen LogP contribution is -2.23. The Hall–Kier alpha value is -1.43. The summed E-state index contributed by atoms with van der Waals surface area (Å²) in [5.74, 6) is -1.61. The number of carbonyl (C=O) groups excluding carboxylic acids is 2. The molecule has 1 unspecified atom stereocenters. The van der Waals surface area contributed by atoms with Gasteiger partial charge in [0.15, 0.2) is 0 Å². The molecule has 3 N–H and O–H groups in total. The number of amides is 2. The third kappa shape index (κ3) is 3.29. The predicted molar refractivity (Wildman–Crippen MR) is 71.3 cm³/mol. The minimum Gasteiger partial charge on any atom is -0.366 e. The van der Waals surface area contributed by atoms with Crippen molar-refractivity contribution in [3.05, 3.63) is 29.1 Å². The number of nitrogens with one attached hydrogen (secondary N) is 1. The van der Waals surface area contributed by atoms with E-state index in [0.29, 0.717) is 6.42 Å². The molecule has 1 rings (SSSR count). The molecule has 0 fully saturated rings. The van der Waals surface area contributed by atoms with E-state index < -0.39 is 11.7 Å². The lowest BCUT2D eigenvalue weighted by molar-refractivity contribution is -0.115. The first-order valence-electron chi connectivity index (χ1n) is 5.41. The summed E-state index contributed by atoms with van der Waals surface area (Å²) in [6, 6.07) is 2.42. The minimum atomic E-state index is -0.740. The molecule has 18 heavy (non-hydrogen) atoms. The van der Waals surface area contributed by atoms with Gasteiger partial charge in [-0.2, -0.15) is 0 Å². The molecule has 0 aromatic heterocycles. The quantitative estimate of drug-likeness (QED) is 0.837. The Morgan fingerprint density at radius 1 is 1.50 bits per heavy atom. The first-order valence-corrected chi connectivity index (χ1v) is 6.33. The van der Waals surface area contributed by atoms with E-state index in [4.69, 9.17) is 5.73 Å². The second-order valence-corrected chi connectivity index (χ2v) is 4.97. The fourth-order valence-corrected chi connectivity index (χ4v) is 1.46. The number of hydrogen-bond acceptors (Lipinski definition) is 2. The maximum atomic E-state index is 13.6. The summed E-state index contributed by atoms with van der Waals surface area (Å²) in [4.78, 5) is 22.4. The van der Waals surface area contributed by atoms with Gasteiger partial charge in [0.1, 0.15) is 5.82 Å². The first-order chi connectivity index (χ1) is 8.36. The van der Waals surface area contributed by atoms with Crippen molar-refractivity contribution in [2.24, 2.45) is 5.73 Å². The summed E-state index contributed by atoms with van der Waals surface area (Å²) in [6.45, 7) is 3.36. The molecule has 6 heteroatoms. The molecule has 0 aliphatic heterocycles. The topological polar surface area (TPSA) is 72.2 Å². The molecular formula is C12H14BrFN2O2. The van der Waals surface area contributed by atoms with Crippen molar-refractivity contribution in [2.75, 3.05) is 5.32 Å². The highest BCUT2D eigenvalue weighted by Gasteiger charge is 2.16. The largest absolute Gasteiger partial charge is 0.366 e. The van der Waals surface area contributed by atoms with Crippen LogP contribution in [0.3, 0.4) is 0 Å². The Morgan fingerprint density at radius 3 is 2.61 bits per heavy atom. The van der Waals surface area contributed by atoms with Gasteiger partial charge in [-0.1, -0.05) is 22.9 Å². The van der Waals surface area contributed by atoms with E-state index in [1.165, 1.54) is 13.0 Å². The second-order valence-electron chi connectivity index (χ2n) is 3.86. The third-order valence-corrected chi connectivity index (χ3v) is 3.59. The van der Waals surface area contributed by atoms with Gasteiger partial charge in [-0.25, -0.2) is 4.39 Å². The van der Waals surface area contributed by atoms with Crippen molar-refractivity contribution in [3.8, 4) is 0 Å².